The number of carbonyl (C=O) groups excluding carboxylic acids is 1. The number of hydrogen-bond donors (Lipinski definition) is 2. The third-order valence-corrected chi connectivity index (χ3v) is 2.49. The van der Waals surface area contributed by atoms with Gasteiger partial charge in [-0.05, 0) is 19.1 Å². The molecule has 0 aliphatic heterocycles. The quantitative estimate of drug-likeness (QED) is 0.595. The second-order valence-electron chi connectivity index (χ2n) is 3.48. The van der Waals surface area contributed by atoms with E-state index in [4.69, 9.17) is 5.11 Å². The van der Waals surface area contributed by atoms with Crippen molar-refractivity contribution in [3.05, 3.63) is 18.2 Å². The van der Waals surface area contributed by atoms with Gasteiger partial charge in [-0.3, -0.25) is 0 Å². The number of likely N-dealkylation sites (N-methyl/N-ethyl adjacent to an activating group) is 1. The van der Waals surface area contributed by atoms with Crippen LogP contribution in [0.2, 0.25) is 0 Å². The summed E-state index contributed by atoms with van der Waals surface area (Å²) in [6.45, 7) is 1.69. The molecule has 0 fully saturated rings. The van der Waals surface area contributed by atoms with Crippen molar-refractivity contribution in [3.63, 3.8) is 0 Å². The number of hydrogen-bond acceptors (Lipinski definition) is 5. The van der Waals surface area contributed by atoms with Crippen LogP contribution in [0.5, 0.6) is 11.5 Å². The van der Waals surface area contributed by atoms with Gasteiger partial charge in [0.15, 0.2) is 11.5 Å². The molecule has 0 saturated heterocycles. The Morgan fingerprint density at radius 1 is 1.38 bits per heavy atom. The lowest BCUT2D eigenvalue weighted by molar-refractivity contribution is -0.141. The number of rotatable bonds is 3. The van der Waals surface area contributed by atoms with Crippen LogP contribution in [-0.4, -0.2) is 36.4 Å². The van der Waals surface area contributed by atoms with Crippen molar-refractivity contribution in [1.29, 1.82) is 0 Å². The highest BCUT2D eigenvalue weighted by atomic mass is 16.5. The minimum Gasteiger partial charge on any atom is -0.504 e. The molecule has 1 unspecified atom stereocenters. The summed E-state index contributed by atoms with van der Waals surface area (Å²) in [5.74, 6) is -0.778. The van der Waals surface area contributed by atoms with E-state index in [0.29, 0.717) is 5.69 Å². The molecule has 5 nitrogen and oxygen atoms in total. The fraction of sp³-hybridized carbons (Fsp3) is 0.364. The maximum absolute atomic E-state index is 11.3. The van der Waals surface area contributed by atoms with E-state index in [9.17, 15) is 9.90 Å². The standard InChI is InChI=1S/C11H15NO4/c1-7(11(15)16-3)12(2)8-4-5-9(13)10(14)6-8/h4-7,13-14H,1-3H3. The maximum atomic E-state index is 11.3. The van der Waals surface area contributed by atoms with Crippen LogP contribution in [0.25, 0.3) is 0 Å². The van der Waals surface area contributed by atoms with Gasteiger partial charge in [-0.15, -0.1) is 0 Å². The van der Waals surface area contributed by atoms with Crippen molar-refractivity contribution >= 4 is 11.7 Å². The summed E-state index contributed by atoms with van der Waals surface area (Å²) in [5, 5.41) is 18.5. The molecule has 0 aliphatic rings. The summed E-state index contributed by atoms with van der Waals surface area (Å²) in [4.78, 5) is 12.9. The number of phenols is 2. The molecule has 88 valence electrons. The number of esters is 1. The van der Waals surface area contributed by atoms with Crippen LogP contribution >= 0.6 is 0 Å². The number of nitrogens with zero attached hydrogens (tertiary/aromatic N) is 1. The lowest BCUT2D eigenvalue weighted by Gasteiger charge is -2.24. The fourth-order valence-electron chi connectivity index (χ4n) is 1.28. The average Bonchev–Trinajstić information content (AvgIpc) is 2.29. The summed E-state index contributed by atoms with van der Waals surface area (Å²) in [5.41, 5.74) is 0.619. The van der Waals surface area contributed by atoms with E-state index in [-0.39, 0.29) is 17.5 Å². The van der Waals surface area contributed by atoms with Crippen molar-refractivity contribution in [2.75, 3.05) is 19.1 Å². The zero-order valence-corrected chi connectivity index (χ0v) is 9.47. The monoisotopic (exact) mass is 225 g/mol. The van der Waals surface area contributed by atoms with Gasteiger partial charge in [0.1, 0.15) is 6.04 Å². The molecule has 0 aromatic heterocycles. The first kappa shape index (κ1) is 12.2. The van der Waals surface area contributed by atoms with Gasteiger partial charge in [0.25, 0.3) is 0 Å². The van der Waals surface area contributed by atoms with Crippen LogP contribution in [-0.2, 0) is 9.53 Å². The Balaban J connectivity index is 2.91. The number of carbonyl (C=O) groups is 1. The molecule has 1 rings (SSSR count). The number of aromatic hydroxyl groups is 2. The average molecular weight is 225 g/mol. The summed E-state index contributed by atoms with van der Waals surface area (Å²) in [6.07, 6.45) is 0. The van der Waals surface area contributed by atoms with Crippen LogP contribution in [0.1, 0.15) is 6.92 Å². The zero-order valence-electron chi connectivity index (χ0n) is 9.47. The van der Waals surface area contributed by atoms with E-state index in [1.165, 1.54) is 19.2 Å². The molecule has 1 aromatic carbocycles. The van der Waals surface area contributed by atoms with E-state index in [2.05, 4.69) is 4.74 Å². The van der Waals surface area contributed by atoms with Crippen LogP contribution in [0.4, 0.5) is 5.69 Å². The molecule has 0 radical (unpaired) electrons. The molecule has 0 bridgehead atoms. The van der Waals surface area contributed by atoms with E-state index >= 15 is 0 Å². The number of methoxy groups -OCH3 is 1. The van der Waals surface area contributed by atoms with Crippen LogP contribution < -0.4 is 4.90 Å². The van der Waals surface area contributed by atoms with Crippen molar-refractivity contribution in [2.45, 2.75) is 13.0 Å². The number of ether oxygens (including phenoxy) is 1. The first-order valence-electron chi connectivity index (χ1n) is 4.80. The van der Waals surface area contributed by atoms with Crippen molar-refractivity contribution in [3.8, 4) is 11.5 Å². The molecule has 2 N–H and O–H groups in total. The second kappa shape index (κ2) is 4.74. The van der Waals surface area contributed by atoms with Gasteiger partial charge < -0.3 is 19.8 Å². The number of anilines is 1. The lowest BCUT2D eigenvalue weighted by atomic mass is 10.2. The van der Waals surface area contributed by atoms with Gasteiger partial charge in [0, 0.05) is 18.8 Å². The Kier molecular flexibility index (Phi) is 3.60. The highest BCUT2D eigenvalue weighted by molar-refractivity contribution is 5.79. The van der Waals surface area contributed by atoms with Gasteiger partial charge in [0.2, 0.25) is 0 Å². The minimum atomic E-state index is -0.464. The van der Waals surface area contributed by atoms with Gasteiger partial charge in [0.05, 0.1) is 7.11 Å². The van der Waals surface area contributed by atoms with Gasteiger partial charge in [-0.1, -0.05) is 0 Å². The molecule has 5 heteroatoms. The van der Waals surface area contributed by atoms with E-state index in [1.807, 2.05) is 0 Å². The maximum Gasteiger partial charge on any atom is 0.328 e. The lowest BCUT2D eigenvalue weighted by Crippen LogP contribution is -2.36. The smallest absolute Gasteiger partial charge is 0.328 e. The Morgan fingerprint density at radius 3 is 2.50 bits per heavy atom. The van der Waals surface area contributed by atoms with Crippen LogP contribution in [0.15, 0.2) is 18.2 Å². The summed E-state index contributed by atoms with van der Waals surface area (Å²) < 4.78 is 4.62. The van der Waals surface area contributed by atoms with E-state index in [1.54, 1.807) is 24.9 Å². The molecule has 1 atom stereocenters. The molecule has 0 aliphatic carbocycles. The molecule has 0 amide bonds. The Hall–Kier alpha value is -1.91. The molecular weight excluding hydrogens is 210 g/mol. The molecule has 1 aromatic rings. The van der Waals surface area contributed by atoms with Crippen molar-refractivity contribution in [1.82, 2.24) is 0 Å². The topological polar surface area (TPSA) is 70.0 Å². The van der Waals surface area contributed by atoms with Crippen LogP contribution in [0.3, 0.4) is 0 Å². The highest BCUT2D eigenvalue weighted by Gasteiger charge is 2.19. The first-order chi connectivity index (χ1) is 7.47. The van der Waals surface area contributed by atoms with Gasteiger partial charge in [-0.2, -0.15) is 0 Å². The molecule has 0 heterocycles. The summed E-state index contributed by atoms with van der Waals surface area (Å²) in [6, 6.07) is 3.89. The molecular formula is C11H15NO4. The van der Waals surface area contributed by atoms with E-state index in [0.717, 1.165) is 0 Å². The van der Waals surface area contributed by atoms with E-state index < -0.39 is 6.04 Å². The SMILES string of the molecule is COC(=O)C(C)N(C)c1ccc(O)c(O)c1. The predicted octanol–water partition coefficient (Wildman–Crippen LogP) is 1.10. The third-order valence-electron chi connectivity index (χ3n) is 2.49. The van der Waals surface area contributed by atoms with Crippen molar-refractivity contribution < 1.29 is 19.7 Å². The predicted molar refractivity (Wildman–Crippen MR) is 59.7 cm³/mol. The molecule has 0 saturated carbocycles. The Morgan fingerprint density at radius 2 is 2.00 bits per heavy atom. The molecule has 0 spiro atoms. The molecule has 16 heavy (non-hydrogen) atoms. The minimum absolute atomic E-state index is 0.192. The normalized spacial score (nSPS) is 11.9. The van der Waals surface area contributed by atoms with Gasteiger partial charge >= 0.3 is 5.97 Å². The third kappa shape index (κ3) is 2.36. The zero-order chi connectivity index (χ0) is 12.3. The van der Waals surface area contributed by atoms with Crippen LogP contribution in [0, 0.1) is 0 Å². The highest BCUT2D eigenvalue weighted by Crippen LogP contribution is 2.29. The second-order valence-corrected chi connectivity index (χ2v) is 3.48. The summed E-state index contributed by atoms with van der Waals surface area (Å²) in [7, 11) is 3.02. The van der Waals surface area contributed by atoms with Crippen molar-refractivity contribution in [2.24, 2.45) is 0 Å². The number of benzene rings is 1. The largest absolute Gasteiger partial charge is 0.504 e. The Labute approximate surface area is 93.9 Å². The Bertz CT molecular complexity index is 392. The fourth-order valence-corrected chi connectivity index (χ4v) is 1.28. The first-order valence-corrected chi connectivity index (χ1v) is 4.80. The number of phenolic OH excluding ortho intramolecular Hbond substituents is 2. The summed E-state index contributed by atoms with van der Waals surface area (Å²) >= 11 is 0. The van der Waals surface area contributed by atoms with Gasteiger partial charge in [-0.25, -0.2) is 4.79 Å².